The number of hydrogen-bond acceptors (Lipinski definition) is 4. The molecule has 5 nitrogen and oxygen atoms in total. The van der Waals surface area contributed by atoms with E-state index in [1.807, 2.05) is 6.07 Å². The van der Waals surface area contributed by atoms with Crippen molar-refractivity contribution in [2.45, 2.75) is 58.4 Å². The number of rotatable bonds is 7. The van der Waals surface area contributed by atoms with Crippen LogP contribution in [0.25, 0.3) is 10.1 Å². The van der Waals surface area contributed by atoms with Gasteiger partial charge in [0.25, 0.3) is 0 Å². The Kier molecular flexibility index (Phi) is 7.46. The van der Waals surface area contributed by atoms with Crippen LogP contribution in [0.1, 0.15) is 68.3 Å². The van der Waals surface area contributed by atoms with Gasteiger partial charge in [0.15, 0.2) is 5.78 Å². The van der Waals surface area contributed by atoms with Crippen LogP contribution in [-0.4, -0.2) is 35.8 Å². The number of anilines is 2. The molecule has 0 radical (unpaired) electrons. The van der Waals surface area contributed by atoms with Gasteiger partial charge in [0.2, 0.25) is 0 Å². The Morgan fingerprint density at radius 1 is 1.09 bits per heavy atom. The Morgan fingerprint density at radius 2 is 1.82 bits per heavy atom. The minimum Gasteiger partial charge on any atom is -0.308 e. The van der Waals surface area contributed by atoms with Crippen molar-refractivity contribution < 1.29 is 9.59 Å². The third kappa shape index (κ3) is 5.63. The van der Waals surface area contributed by atoms with Crippen molar-refractivity contribution >= 4 is 44.6 Å². The molecule has 6 heteroatoms. The van der Waals surface area contributed by atoms with E-state index in [1.165, 1.54) is 48.3 Å². The fourth-order valence-corrected chi connectivity index (χ4v) is 5.83. The van der Waals surface area contributed by atoms with Gasteiger partial charge in [-0.1, -0.05) is 25.5 Å². The van der Waals surface area contributed by atoms with E-state index in [9.17, 15) is 9.59 Å². The molecular formula is C27H33N3O2S. The van der Waals surface area contributed by atoms with Gasteiger partial charge in [-0.05, 0) is 98.8 Å². The van der Waals surface area contributed by atoms with Crippen molar-refractivity contribution in [3.63, 3.8) is 0 Å². The van der Waals surface area contributed by atoms with E-state index in [2.05, 4.69) is 46.9 Å². The molecule has 2 heterocycles. The number of carbonyl (C=O) groups is 2. The molecule has 0 bridgehead atoms. The summed E-state index contributed by atoms with van der Waals surface area (Å²) in [5.41, 5.74) is 3.36. The summed E-state index contributed by atoms with van der Waals surface area (Å²) in [6, 6.07) is 13.5. The fraction of sp³-hybridized carbons (Fsp3) is 0.407. The molecular weight excluding hydrogens is 430 g/mol. The SMILES string of the molecule is CCCC(C)N1CCC(c2csc3ccc(NC(=O)Nc4cccc(C(C)=O)c4)cc23)CC1. The topological polar surface area (TPSA) is 61.4 Å². The van der Waals surface area contributed by atoms with Crippen LogP contribution in [-0.2, 0) is 0 Å². The van der Waals surface area contributed by atoms with Gasteiger partial charge in [0.1, 0.15) is 0 Å². The number of carbonyl (C=O) groups excluding carboxylic acids is 2. The summed E-state index contributed by atoms with van der Waals surface area (Å²) < 4.78 is 1.26. The van der Waals surface area contributed by atoms with Gasteiger partial charge in [-0.15, -0.1) is 11.3 Å². The second-order valence-electron chi connectivity index (χ2n) is 9.07. The van der Waals surface area contributed by atoms with Gasteiger partial charge in [0.05, 0.1) is 0 Å². The number of urea groups is 1. The predicted octanol–water partition coefficient (Wildman–Crippen LogP) is 7.12. The number of piperidine rings is 1. The first-order chi connectivity index (χ1) is 15.9. The average Bonchev–Trinajstić information content (AvgIpc) is 3.22. The van der Waals surface area contributed by atoms with Crippen LogP contribution in [0.3, 0.4) is 0 Å². The molecule has 33 heavy (non-hydrogen) atoms. The van der Waals surface area contributed by atoms with Crippen LogP contribution in [0.2, 0.25) is 0 Å². The first-order valence-electron chi connectivity index (χ1n) is 11.9. The minimum atomic E-state index is -0.315. The maximum atomic E-state index is 12.6. The Balaban J connectivity index is 1.43. The Labute approximate surface area is 200 Å². The standard InChI is InChI=1S/C27H33N3O2S/c1-4-6-18(2)30-13-11-20(12-14-30)25-17-33-26-10-9-23(16-24(25)26)29-27(32)28-22-8-5-7-21(15-22)19(3)31/h5,7-10,15-18,20H,4,6,11-14H2,1-3H3,(H2,28,29,32). The number of thiophene rings is 1. The van der Waals surface area contributed by atoms with Crippen molar-refractivity contribution in [2.24, 2.45) is 0 Å². The van der Waals surface area contributed by atoms with Gasteiger partial charge in [-0.25, -0.2) is 4.79 Å². The van der Waals surface area contributed by atoms with E-state index in [4.69, 9.17) is 0 Å². The quantitative estimate of drug-likeness (QED) is 0.367. The maximum absolute atomic E-state index is 12.6. The van der Waals surface area contributed by atoms with E-state index >= 15 is 0 Å². The zero-order valence-electron chi connectivity index (χ0n) is 19.7. The van der Waals surface area contributed by atoms with Gasteiger partial charge >= 0.3 is 6.03 Å². The summed E-state index contributed by atoms with van der Waals surface area (Å²) in [4.78, 5) is 26.8. The zero-order chi connectivity index (χ0) is 23.4. The highest BCUT2D eigenvalue weighted by Gasteiger charge is 2.25. The molecule has 1 saturated heterocycles. The molecule has 1 unspecified atom stereocenters. The third-order valence-electron chi connectivity index (χ3n) is 6.69. The molecule has 0 spiro atoms. The summed E-state index contributed by atoms with van der Waals surface area (Å²) in [6.45, 7) is 8.44. The minimum absolute atomic E-state index is 0.0276. The highest BCUT2D eigenvalue weighted by Crippen LogP contribution is 2.38. The molecule has 1 aromatic heterocycles. The first kappa shape index (κ1) is 23.5. The zero-order valence-corrected chi connectivity index (χ0v) is 20.5. The lowest BCUT2D eigenvalue weighted by atomic mass is 9.88. The largest absolute Gasteiger partial charge is 0.323 e. The molecule has 2 aromatic carbocycles. The number of nitrogens with zero attached hydrogens (tertiary/aromatic N) is 1. The lowest BCUT2D eigenvalue weighted by Gasteiger charge is -2.36. The molecule has 0 saturated carbocycles. The van der Waals surface area contributed by atoms with Crippen molar-refractivity contribution in [1.82, 2.24) is 4.90 Å². The molecule has 1 fully saturated rings. The van der Waals surface area contributed by atoms with Crippen LogP contribution in [0.15, 0.2) is 47.8 Å². The normalized spacial score (nSPS) is 16.0. The van der Waals surface area contributed by atoms with E-state index in [1.54, 1.807) is 35.6 Å². The van der Waals surface area contributed by atoms with E-state index < -0.39 is 0 Å². The maximum Gasteiger partial charge on any atom is 0.323 e. The molecule has 3 aromatic rings. The summed E-state index contributed by atoms with van der Waals surface area (Å²) in [6.07, 6.45) is 4.87. The summed E-state index contributed by atoms with van der Waals surface area (Å²) in [5, 5.41) is 9.32. The molecule has 1 atom stereocenters. The number of likely N-dealkylation sites (tertiary alicyclic amines) is 1. The number of fused-ring (bicyclic) bond motifs is 1. The van der Waals surface area contributed by atoms with Gasteiger partial charge in [0, 0.05) is 27.7 Å². The van der Waals surface area contributed by atoms with Gasteiger partial charge in [-0.2, -0.15) is 0 Å². The summed E-state index contributed by atoms with van der Waals surface area (Å²) in [7, 11) is 0. The molecule has 4 rings (SSSR count). The fourth-order valence-electron chi connectivity index (χ4n) is 4.80. The monoisotopic (exact) mass is 463 g/mol. The molecule has 1 aliphatic heterocycles. The molecule has 2 N–H and O–H groups in total. The van der Waals surface area contributed by atoms with Gasteiger partial charge < -0.3 is 15.5 Å². The van der Waals surface area contributed by atoms with E-state index in [0.717, 1.165) is 18.8 Å². The number of nitrogens with one attached hydrogen (secondary N) is 2. The van der Waals surface area contributed by atoms with Crippen LogP contribution < -0.4 is 10.6 Å². The lowest BCUT2D eigenvalue weighted by molar-refractivity contribution is 0.101. The van der Waals surface area contributed by atoms with Crippen LogP contribution in [0.5, 0.6) is 0 Å². The third-order valence-corrected chi connectivity index (χ3v) is 7.67. The highest BCUT2D eigenvalue weighted by molar-refractivity contribution is 7.17. The second-order valence-corrected chi connectivity index (χ2v) is 9.98. The molecule has 1 aliphatic rings. The smallest absolute Gasteiger partial charge is 0.308 e. The number of amides is 2. The molecule has 174 valence electrons. The molecule has 0 aliphatic carbocycles. The lowest BCUT2D eigenvalue weighted by Crippen LogP contribution is -2.39. The van der Waals surface area contributed by atoms with Crippen molar-refractivity contribution in [1.29, 1.82) is 0 Å². The number of ketones is 1. The van der Waals surface area contributed by atoms with Gasteiger partial charge in [-0.3, -0.25) is 4.79 Å². The summed E-state index contributed by atoms with van der Waals surface area (Å²) in [5.74, 6) is 0.544. The Bertz CT molecular complexity index is 1130. The van der Waals surface area contributed by atoms with E-state index in [-0.39, 0.29) is 11.8 Å². The molecule has 2 amide bonds. The number of Topliss-reactive ketones (excluding diaryl/α,β-unsaturated/α-hetero) is 1. The first-order valence-corrected chi connectivity index (χ1v) is 12.8. The highest BCUT2D eigenvalue weighted by atomic mass is 32.1. The number of benzene rings is 2. The Morgan fingerprint density at radius 3 is 2.52 bits per heavy atom. The van der Waals surface area contributed by atoms with Crippen molar-refractivity contribution in [3.05, 3.63) is 59.0 Å². The Hall–Kier alpha value is -2.70. The van der Waals surface area contributed by atoms with Crippen LogP contribution in [0, 0.1) is 0 Å². The number of hydrogen-bond donors (Lipinski definition) is 2. The van der Waals surface area contributed by atoms with Crippen molar-refractivity contribution in [2.75, 3.05) is 23.7 Å². The van der Waals surface area contributed by atoms with Crippen LogP contribution >= 0.6 is 11.3 Å². The summed E-state index contributed by atoms with van der Waals surface area (Å²) >= 11 is 1.78. The van der Waals surface area contributed by atoms with E-state index in [0.29, 0.717) is 23.2 Å². The van der Waals surface area contributed by atoms with Crippen LogP contribution in [0.4, 0.5) is 16.2 Å². The second kappa shape index (κ2) is 10.5. The average molecular weight is 464 g/mol. The van der Waals surface area contributed by atoms with Crippen molar-refractivity contribution in [3.8, 4) is 0 Å². The predicted molar refractivity (Wildman–Crippen MR) is 139 cm³/mol.